The van der Waals surface area contributed by atoms with E-state index in [1.54, 1.807) is 30.6 Å². The Morgan fingerprint density at radius 3 is 2.10 bits per heavy atom. The summed E-state index contributed by atoms with van der Waals surface area (Å²) >= 11 is 0. The van der Waals surface area contributed by atoms with E-state index in [9.17, 15) is 25.9 Å². The number of aromatic amines is 1. The van der Waals surface area contributed by atoms with Crippen molar-refractivity contribution >= 4 is 31.6 Å². The van der Waals surface area contributed by atoms with E-state index in [2.05, 4.69) is 4.98 Å². The van der Waals surface area contributed by atoms with Crippen molar-refractivity contribution in [1.82, 2.24) is 4.98 Å². The highest BCUT2D eigenvalue weighted by Crippen LogP contribution is 2.47. The highest BCUT2D eigenvalue weighted by Gasteiger charge is 2.51. The molecule has 0 unspecified atom stereocenters. The molecule has 0 amide bonds. The molecule has 1 heterocycles. The van der Waals surface area contributed by atoms with Gasteiger partial charge in [0.25, 0.3) is 0 Å². The van der Waals surface area contributed by atoms with Crippen LogP contribution in [0.3, 0.4) is 0 Å². The molecule has 1 fully saturated rings. The summed E-state index contributed by atoms with van der Waals surface area (Å²) in [4.78, 5) is 2.99. The van der Waals surface area contributed by atoms with Crippen LogP contribution in [-0.4, -0.2) is 49.2 Å². The summed E-state index contributed by atoms with van der Waals surface area (Å²) < 4.78 is 84.3. The number of benzene rings is 3. The standard InChI is InChI=1S/C27H27NO9S2/c29-38(30,31)36-26-24(22-12-6-10-19-9-4-5-11-21(19)22)15-23(20-13-14-28-16-20)25(27(26)37-39(32,33)34)35-17-18-7-2-1-3-8-18/h1-14,16,23-28H,15,17H2,(H,29,30,31)(H,32,33,34)/t23-,24-,25-,26-,27+/m1/s1. The van der Waals surface area contributed by atoms with Crippen LogP contribution in [0.2, 0.25) is 0 Å². The quantitative estimate of drug-likeness (QED) is 0.247. The smallest absolute Gasteiger partial charge is 0.370 e. The highest BCUT2D eigenvalue weighted by molar-refractivity contribution is 7.81. The van der Waals surface area contributed by atoms with Crippen LogP contribution in [0.5, 0.6) is 0 Å². The van der Waals surface area contributed by atoms with Gasteiger partial charge in [-0.25, -0.2) is 8.37 Å². The van der Waals surface area contributed by atoms with Crippen molar-refractivity contribution in [3.05, 3.63) is 108 Å². The molecular weight excluding hydrogens is 546 g/mol. The topological polar surface area (TPSA) is 152 Å². The van der Waals surface area contributed by atoms with Gasteiger partial charge in [-0.05, 0) is 39.9 Å². The summed E-state index contributed by atoms with van der Waals surface area (Å²) in [5.41, 5.74) is 2.19. The maximum Gasteiger partial charge on any atom is 0.397 e. The summed E-state index contributed by atoms with van der Waals surface area (Å²) in [6.45, 7) is 0.0370. The molecule has 4 aromatic rings. The third-order valence-corrected chi connectivity index (χ3v) is 7.90. The predicted molar refractivity (Wildman–Crippen MR) is 143 cm³/mol. The first-order valence-electron chi connectivity index (χ1n) is 12.2. The summed E-state index contributed by atoms with van der Waals surface area (Å²) in [6.07, 6.45) is -0.627. The first kappa shape index (κ1) is 27.5. The molecule has 0 saturated heterocycles. The van der Waals surface area contributed by atoms with Crippen molar-refractivity contribution in [2.24, 2.45) is 0 Å². The van der Waals surface area contributed by atoms with Gasteiger partial charge >= 0.3 is 20.8 Å². The molecule has 3 N–H and O–H groups in total. The largest absolute Gasteiger partial charge is 0.397 e. The van der Waals surface area contributed by atoms with Crippen molar-refractivity contribution < 1.29 is 39.0 Å². The van der Waals surface area contributed by atoms with Crippen LogP contribution < -0.4 is 0 Å². The van der Waals surface area contributed by atoms with Crippen molar-refractivity contribution in [1.29, 1.82) is 0 Å². The lowest BCUT2D eigenvalue weighted by Crippen LogP contribution is -2.54. The molecule has 1 aromatic heterocycles. The molecule has 3 aromatic carbocycles. The molecule has 39 heavy (non-hydrogen) atoms. The third-order valence-electron chi connectivity index (χ3n) is 6.97. The molecule has 0 spiro atoms. The number of aromatic nitrogens is 1. The first-order valence-corrected chi connectivity index (χ1v) is 14.9. The van der Waals surface area contributed by atoms with Crippen LogP contribution in [0.1, 0.15) is 34.9 Å². The Balaban J connectivity index is 1.66. The van der Waals surface area contributed by atoms with Gasteiger partial charge in [0.15, 0.2) is 0 Å². The SMILES string of the molecule is O=S(=O)(O)O[C@H]1[C@H](OCc2ccccc2)[C@@H](c2cc[nH]c2)C[C@H](c2cccc3ccccc23)[C@H]1OS(=O)(=O)O. The van der Waals surface area contributed by atoms with E-state index in [1.165, 1.54) is 0 Å². The maximum atomic E-state index is 12.1. The lowest BCUT2D eigenvalue weighted by atomic mass is 9.70. The number of H-pyrrole nitrogens is 1. The zero-order valence-corrected chi connectivity index (χ0v) is 22.2. The molecule has 0 bridgehead atoms. The molecule has 1 aliphatic rings. The Kier molecular flexibility index (Phi) is 7.87. The molecule has 0 aliphatic heterocycles. The van der Waals surface area contributed by atoms with E-state index in [4.69, 9.17) is 13.1 Å². The average molecular weight is 574 g/mol. The van der Waals surface area contributed by atoms with Crippen molar-refractivity contribution in [2.75, 3.05) is 0 Å². The zero-order valence-electron chi connectivity index (χ0n) is 20.5. The highest BCUT2D eigenvalue weighted by atomic mass is 32.3. The average Bonchev–Trinajstić information content (AvgIpc) is 3.42. The van der Waals surface area contributed by atoms with Gasteiger partial charge in [-0.2, -0.15) is 16.8 Å². The van der Waals surface area contributed by atoms with Crippen LogP contribution in [0.15, 0.2) is 91.3 Å². The number of ether oxygens (including phenoxy) is 1. The first-order chi connectivity index (χ1) is 18.6. The van der Waals surface area contributed by atoms with Crippen molar-refractivity contribution in [3.63, 3.8) is 0 Å². The Labute approximate surface area is 226 Å². The lowest BCUT2D eigenvalue weighted by molar-refractivity contribution is -0.118. The Morgan fingerprint density at radius 2 is 1.41 bits per heavy atom. The summed E-state index contributed by atoms with van der Waals surface area (Å²) in [6, 6.07) is 23.8. The van der Waals surface area contributed by atoms with Crippen LogP contribution in [0, 0.1) is 0 Å². The monoisotopic (exact) mass is 573 g/mol. The molecule has 0 radical (unpaired) electrons. The summed E-state index contributed by atoms with van der Waals surface area (Å²) in [7, 11) is -10.2. The van der Waals surface area contributed by atoms with Gasteiger partial charge in [-0.15, -0.1) is 0 Å². The van der Waals surface area contributed by atoms with E-state index in [1.807, 2.05) is 60.7 Å². The second-order valence-corrected chi connectivity index (χ2v) is 11.5. The number of nitrogens with one attached hydrogen (secondary N) is 1. The number of rotatable bonds is 9. The Hall–Kier alpha value is -3.10. The predicted octanol–water partition coefficient (Wildman–Crippen LogP) is 4.40. The van der Waals surface area contributed by atoms with E-state index >= 15 is 0 Å². The number of hydrogen-bond acceptors (Lipinski definition) is 7. The van der Waals surface area contributed by atoms with Crippen LogP contribution in [-0.2, 0) is 40.5 Å². The van der Waals surface area contributed by atoms with Crippen LogP contribution >= 0.6 is 0 Å². The fraction of sp³-hybridized carbons (Fsp3) is 0.259. The van der Waals surface area contributed by atoms with Gasteiger partial charge in [0, 0.05) is 24.2 Å². The molecule has 5 rings (SSSR count). The fourth-order valence-electron chi connectivity index (χ4n) is 5.45. The second-order valence-electron chi connectivity index (χ2n) is 9.40. The molecule has 1 aliphatic carbocycles. The molecule has 5 atom stereocenters. The Morgan fingerprint density at radius 1 is 0.744 bits per heavy atom. The van der Waals surface area contributed by atoms with E-state index in [0.717, 1.165) is 21.9 Å². The minimum absolute atomic E-state index is 0.0370. The minimum Gasteiger partial charge on any atom is -0.370 e. The molecule has 12 heteroatoms. The maximum absolute atomic E-state index is 12.1. The molecule has 206 valence electrons. The van der Waals surface area contributed by atoms with Gasteiger partial charge in [0.05, 0.1) is 12.7 Å². The van der Waals surface area contributed by atoms with Gasteiger partial charge in [0.1, 0.15) is 12.2 Å². The van der Waals surface area contributed by atoms with Gasteiger partial charge in [-0.1, -0.05) is 72.8 Å². The second kappa shape index (κ2) is 11.2. The number of hydrogen-bond donors (Lipinski definition) is 3. The van der Waals surface area contributed by atoms with Crippen molar-refractivity contribution in [3.8, 4) is 0 Å². The summed E-state index contributed by atoms with van der Waals surface area (Å²) in [5.74, 6) is -1.31. The van der Waals surface area contributed by atoms with Gasteiger partial charge in [0.2, 0.25) is 0 Å². The number of fused-ring (bicyclic) bond motifs is 1. The third kappa shape index (κ3) is 6.56. The van der Waals surface area contributed by atoms with Crippen LogP contribution in [0.25, 0.3) is 10.8 Å². The van der Waals surface area contributed by atoms with E-state index in [-0.39, 0.29) is 13.0 Å². The molecule has 1 saturated carbocycles. The van der Waals surface area contributed by atoms with E-state index < -0.39 is 50.9 Å². The van der Waals surface area contributed by atoms with E-state index in [0.29, 0.717) is 5.56 Å². The Bertz CT molecular complexity index is 1620. The normalized spacial score (nSPS) is 24.1. The van der Waals surface area contributed by atoms with Crippen molar-refractivity contribution in [2.45, 2.75) is 43.2 Å². The molecule has 10 nitrogen and oxygen atoms in total. The van der Waals surface area contributed by atoms with Gasteiger partial charge in [-0.3, -0.25) is 9.11 Å². The molecular formula is C27H27NO9S2. The lowest BCUT2D eigenvalue weighted by Gasteiger charge is -2.45. The minimum atomic E-state index is -5.11. The zero-order chi connectivity index (χ0) is 27.6. The summed E-state index contributed by atoms with van der Waals surface area (Å²) in [5, 5.41) is 1.66. The van der Waals surface area contributed by atoms with Crippen LogP contribution in [0.4, 0.5) is 0 Å². The van der Waals surface area contributed by atoms with Gasteiger partial charge < -0.3 is 9.72 Å². The fourth-order valence-corrected chi connectivity index (χ4v) is 6.47.